The van der Waals surface area contributed by atoms with Gasteiger partial charge in [-0.25, -0.2) is 0 Å². The number of amides is 1. The molecule has 5 nitrogen and oxygen atoms in total. The van der Waals surface area contributed by atoms with E-state index in [0.29, 0.717) is 12.1 Å². The highest BCUT2D eigenvalue weighted by atomic mass is 32.1. The molecule has 0 aliphatic heterocycles. The average molecular weight is 314 g/mol. The van der Waals surface area contributed by atoms with E-state index in [2.05, 4.69) is 11.4 Å². The molecule has 22 heavy (non-hydrogen) atoms. The van der Waals surface area contributed by atoms with Gasteiger partial charge in [0.2, 0.25) is 0 Å². The molecule has 0 spiro atoms. The van der Waals surface area contributed by atoms with Gasteiger partial charge in [-0.1, -0.05) is 12.1 Å². The topological polar surface area (TPSA) is 79.2 Å². The monoisotopic (exact) mass is 314 g/mol. The second-order valence-corrected chi connectivity index (χ2v) is 5.33. The Morgan fingerprint density at radius 1 is 1.18 bits per heavy atom. The van der Waals surface area contributed by atoms with Crippen LogP contribution in [0.25, 0.3) is 0 Å². The normalized spacial score (nSPS) is 9.77. The van der Waals surface area contributed by atoms with Crippen molar-refractivity contribution in [1.82, 2.24) is 0 Å². The summed E-state index contributed by atoms with van der Waals surface area (Å²) < 4.78 is 4.92. The second-order valence-electron chi connectivity index (χ2n) is 4.55. The van der Waals surface area contributed by atoms with Crippen LogP contribution in [0.2, 0.25) is 0 Å². The maximum atomic E-state index is 11.7. The minimum Gasteiger partial charge on any atom is -0.455 e. The van der Waals surface area contributed by atoms with Crippen LogP contribution in [0.5, 0.6) is 0 Å². The molecule has 2 rings (SSSR count). The van der Waals surface area contributed by atoms with Crippen molar-refractivity contribution in [2.45, 2.75) is 12.8 Å². The standard InChI is InChI=1S/C16H14N2O3S/c17-7-5-12-1-3-14(4-2-12)18-15(19)10-21-16(20)9-13-6-8-22-11-13/h1-4,6,8,11H,5,9-10H2,(H,18,19). The minimum atomic E-state index is -0.432. The predicted octanol–water partition coefficient (Wildman–Crippen LogP) is 2.54. The van der Waals surface area contributed by atoms with Crippen LogP contribution in [0, 0.1) is 11.3 Å². The predicted molar refractivity (Wildman–Crippen MR) is 83.4 cm³/mol. The number of esters is 1. The van der Waals surface area contributed by atoms with Gasteiger partial charge in [-0.3, -0.25) is 9.59 Å². The number of hydrogen-bond acceptors (Lipinski definition) is 5. The first kappa shape index (κ1) is 15.7. The maximum absolute atomic E-state index is 11.7. The molecule has 2 aromatic rings. The van der Waals surface area contributed by atoms with Gasteiger partial charge in [0.05, 0.1) is 18.9 Å². The number of carbonyl (C=O) groups excluding carboxylic acids is 2. The fourth-order valence-electron chi connectivity index (χ4n) is 1.75. The van der Waals surface area contributed by atoms with E-state index in [-0.39, 0.29) is 13.0 Å². The van der Waals surface area contributed by atoms with E-state index in [1.807, 2.05) is 16.8 Å². The van der Waals surface area contributed by atoms with Crippen molar-refractivity contribution in [3.8, 4) is 6.07 Å². The molecule has 0 radical (unpaired) electrons. The minimum absolute atomic E-state index is 0.166. The molecule has 0 atom stereocenters. The number of nitrogens with one attached hydrogen (secondary N) is 1. The molecule has 112 valence electrons. The zero-order valence-electron chi connectivity index (χ0n) is 11.7. The molecule has 0 unspecified atom stereocenters. The van der Waals surface area contributed by atoms with Gasteiger partial charge in [0.15, 0.2) is 6.61 Å². The third-order valence-electron chi connectivity index (χ3n) is 2.81. The quantitative estimate of drug-likeness (QED) is 0.831. The molecular formula is C16H14N2O3S. The lowest BCUT2D eigenvalue weighted by atomic mass is 10.1. The molecule has 1 aromatic heterocycles. The van der Waals surface area contributed by atoms with Crippen molar-refractivity contribution in [1.29, 1.82) is 5.26 Å². The van der Waals surface area contributed by atoms with Crippen molar-refractivity contribution < 1.29 is 14.3 Å². The van der Waals surface area contributed by atoms with Gasteiger partial charge in [-0.05, 0) is 40.1 Å². The smallest absolute Gasteiger partial charge is 0.310 e. The fourth-order valence-corrected chi connectivity index (χ4v) is 2.42. The Kier molecular flexibility index (Phi) is 5.69. The third-order valence-corrected chi connectivity index (χ3v) is 3.55. The summed E-state index contributed by atoms with van der Waals surface area (Å²) >= 11 is 1.51. The summed E-state index contributed by atoms with van der Waals surface area (Å²) in [5.74, 6) is -0.829. The number of carbonyl (C=O) groups is 2. The van der Waals surface area contributed by atoms with Crippen LogP contribution in [0.3, 0.4) is 0 Å². The first-order valence-corrected chi connectivity index (χ1v) is 7.54. The van der Waals surface area contributed by atoms with E-state index < -0.39 is 11.9 Å². The molecule has 0 bridgehead atoms. The molecule has 6 heteroatoms. The largest absolute Gasteiger partial charge is 0.455 e. The molecule has 0 aliphatic carbocycles. The maximum Gasteiger partial charge on any atom is 0.310 e. The number of anilines is 1. The zero-order valence-corrected chi connectivity index (χ0v) is 12.6. The summed E-state index contributed by atoms with van der Waals surface area (Å²) in [5, 5.41) is 15.0. The average Bonchev–Trinajstić information content (AvgIpc) is 3.00. The molecule has 1 heterocycles. The Hall–Kier alpha value is -2.65. The lowest BCUT2D eigenvalue weighted by Crippen LogP contribution is -2.21. The van der Waals surface area contributed by atoms with Crippen LogP contribution in [0.1, 0.15) is 11.1 Å². The Morgan fingerprint density at radius 3 is 2.59 bits per heavy atom. The van der Waals surface area contributed by atoms with Crippen LogP contribution in [0.15, 0.2) is 41.1 Å². The Labute approximate surface area is 132 Å². The van der Waals surface area contributed by atoms with Gasteiger partial charge in [-0.2, -0.15) is 16.6 Å². The molecule has 0 saturated heterocycles. The number of nitrogens with zero attached hydrogens (tertiary/aromatic N) is 1. The number of rotatable bonds is 6. The molecule has 0 fully saturated rings. The summed E-state index contributed by atoms with van der Waals surface area (Å²) in [6, 6.07) is 10.8. The molecule has 0 aliphatic rings. The van der Waals surface area contributed by atoms with Gasteiger partial charge < -0.3 is 10.1 Å². The first-order chi connectivity index (χ1) is 10.7. The summed E-state index contributed by atoms with van der Waals surface area (Å²) in [7, 11) is 0. The Bertz CT molecular complexity index is 672. The number of nitriles is 1. The first-order valence-electron chi connectivity index (χ1n) is 6.60. The number of thiophene rings is 1. The van der Waals surface area contributed by atoms with Crippen LogP contribution in [-0.2, 0) is 27.2 Å². The van der Waals surface area contributed by atoms with E-state index in [1.165, 1.54) is 11.3 Å². The molecule has 1 N–H and O–H groups in total. The molecule has 1 amide bonds. The van der Waals surface area contributed by atoms with E-state index in [0.717, 1.165) is 11.1 Å². The fraction of sp³-hybridized carbons (Fsp3) is 0.188. The zero-order chi connectivity index (χ0) is 15.8. The van der Waals surface area contributed by atoms with Crippen molar-refractivity contribution >= 4 is 28.9 Å². The number of hydrogen-bond donors (Lipinski definition) is 1. The second kappa shape index (κ2) is 7.96. The number of ether oxygens (including phenoxy) is 1. The highest BCUT2D eigenvalue weighted by Gasteiger charge is 2.09. The SMILES string of the molecule is N#CCc1ccc(NC(=O)COC(=O)Cc2ccsc2)cc1. The van der Waals surface area contributed by atoms with Crippen LogP contribution < -0.4 is 5.32 Å². The lowest BCUT2D eigenvalue weighted by molar-refractivity contribution is -0.146. The van der Waals surface area contributed by atoms with Gasteiger partial charge in [0, 0.05) is 5.69 Å². The van der Waals surface area contributed by atoms with Crippen LogP contribution in [-0.4, -0.2) is 18.5 Å². The van der Waals surface area contributed by atoms with Crippen LogP contribution in [0.4, 0.5) is 5.69 Å². The van der Waals surface area contributed by atoms with Gasteiger partial charge in [0.1, 0.15) is 0 Å². The van der Waals surface area contributed by atoms with Gasteiger partial charge in [-0.15, -0.1) is 0 Å². The van der Waals surface area contributed by atoms with Crippen LogP contribution >= 0.6 is 11.3 Å². The van der Waals surface area contributed by atoms with E-state index >= 15 is 0 Å². The molecule has 1 aromatic carbocycles. The van der Waals surface area contributed by atoms with Crippen molar-refractivity contribution in [2.75, 3.05) is 11.9 Å². The number of benzene rings is 1. The van der Waals surface area contributed by atoms with E-state index in [9.17, 15) is 9.59 Å². The summed E-state index contributed by atoms with van der Waals surface area (Å²) in [6.07, 6.45) is 0.494. The Morgan fingerprint density at radius 2 is 1.95 bits per heavy atom. The van der Waals surface area contributed by atoms with Crippen molar-refractivity contribution in [3.63, 3.8) is 0 Å². The van der Waals surface area contributed by atoms with Gasteiger partial charge >= 0.3 is 5.97 Å². The van der Waals surface area contributed by atoms with E-state index in [4.69, 9.17) is 10.00 Å². The van der Waals surface area contributed by atoms with Crippen molar-refractivity contribution in [3.05, 3.63) is 52.2 Å². The summed E-state index contributed by atoms with van der Waals surface area (Å²) in [4.78, 5) is 23.2. The highest BCUT2D eigenvalue weighted by molar-refractivity contribution is 7.07. The van der Waals surface area contributed by atoms with E-state index in [1.54, 1.807) is 24.3 Å². The lowest BCUT2D eigenvalue weighted by Gasteiger charge is -2.06. The highest BCUT2D eigenvalue weighted by Crippen LogP contribution is 2.10. The summed E-state index contributed by atoms with van der Waals surface area (Å²) in [6.45, 7) is -0.317. The van der Waals surface area contributed by atoms with Crippen molar-refractivity contribution in [2.24, 2.45) is 0 Å². The Balaban J connectivity index is 1.75. The molecular weight excluding hydrogens is 300 g/mol. The molecule has 0 saturated carbocycles. The third kappa shape index (κ3) is 5.04. The summed E-state index contributed by atoms with van der Waals surface area (Å²) in [5.41, 5.74) is 2.35. The van der Waals surface area contributed by atoms with Gasteiger partial charge in [0.25, 0.3) is 5.91 Å².